The Bertz CT molecular complexity index is 411. The van der Waals surface area contributed by atoms with Gasteiger partial charge in [0.05, 0.1) is 12.0 Å². The maximum Gasteiger partial charge on any atom is 0.140 e. The zero-order chi connectivity index (χ0) is 10.8. The first kappa shape index (κ1) is 9.95. The molecule has 0 fully saturated rings. The highest BCUT2D eigenvalue weighted by Gasteiger charge is 2.32. The molecule has 0 heterocycles. The van der Waals surface area contributed by atoms with E-state index in [9.17, 15) is 4.79 Å². The lowest BCUT2D eigenvalue weighted by molar-refractivity contribution is -0.122. The molecule has 2 aliphatic rings. The fraction of sp³-hybridized carbons (Fsp3) is 0.308. The average Bonchev–Trinajstić information content (AvgIpc) is 2.26. The summed E-state index contributed by atoms with van der Waals surface area (Å²) in [7, 11) is 0. The molecule has 76 valence electrons. The Labute approximate surface area is 89.3 Å². The summed E-state index contributed by atoms with van der Waals surface area (Å²) in [6.07, 6.45) is 4.96. The van der Waals surface area contributed by atoms with Crippen LogP contribution in [-0.4, -0.2) is 12.4 Å². The van der Waals surface area contributed by atoms with E-state index in [4.69, 9.17) is 11.2 Å². The highest BCUT2D eigenvalue weighted by atomic mass is 16.5. The molecule has 0 N–H and O–H groups in total. The first-order valence-electron chi connectivity index (χ1n) is 4.89. The molecule has 1 aromatic carbocycles. The zero-order valence-corrected chi connectivity index (χ0v) is 8.57. The van der Waals surface area contributed by atoms with Crippen LogP contribution in [0.25, 0.3) is 0 Å². The van der Waals surface area contributed by atoms with E-state index >= 15 is 0 Å². The lowest BCUT2D eigenvalue weighted by atomic mass is 9.80. The average molecular weight is 200 g/mol. The van der Waals surface area contributed by atoms with Gasteiger partial charge in [-0.25, -0.2) is 0 Å². The van der Waals surface area contributed by atoms with Gasteiger partial charge in [0.15, 0.2) is 0 Å². The van der Waals surface area contributed by atoms with Gasteiger partial charge in [0, 0.05) is 0 Å². The van der Waals surface area contributed by atoms with Gasteiger partial charge in [-0.15, -0.1) is 6.42 Å². The fourth-order valence-electron chi connectivity index (χ4n) is 2.04. The molecule has 3 rings (SSSR count). The molecule has 2 nitrogen and oxygen atoms in total. The van der Waals surface area contributed by atoms with Crippen molar-refractivity contribution >= 4 is 5.78 Å². The number of terminal acetylenes is 1. The van der Waals surface area contributed by atoms with Crippen LogP contribution in [0.3, 0.4) is 0 Å². The number of ketones is 1. The predicted octanol–water partition coefficient (Wildman–Crippen LogP) is 2.06. The van der Waals surface area contributed by atoms with Crippen LogP contribution in [-0.2, 0) is 9.53 Å². The van der Waals surface area contributed by atoms with Crippen molar-refractivity contribution in [2.75, 3.05) is 6.61 Å². The van der Waals surface area contributed by atoms with E-state index in [0.29, 0.717) is 0 Å². The molecule has 15 heavy (non-hydrogen) atoms. The van der Waals surface area contributed by atoms with E-state index in [1.165, 1.54) is 0 Å². The van der Waals surface area contributed by atoms with Crippen molar-refractivity contribution in [3.8, 4) is 12.3 Å². The van der Waals surface area contributed by atoms with Gasteiger partial charge >= 0.3 is 0 Å². The van der Waals surface area contributed by atoms with Crippen molar-refractivity contribution in [1.29, 1.82) is 0 Å². The van der Waals surface area contributed by atoms with Gasteiger partial charge in [0.25, 0.3) is 0 Å². The van der Waals surface area contributed by atoms with Crippen molar-refractivity contribution in [3.05, 3.63) is 35.4 Å². The summed E-state index contributed by atoms with van der Waals surface area (Å²) in [6, 6.07) is 7.90. The van der Waals surface area contributed by atoms with Gasteiger partial charge in [0.1, 0.15) is 12.4 Å². The minimum absolute atomic E-state index is 0.123. The number of rotatable bonds is 3. The van der Waals surface area contributed by atoms with Crippen molar-refractivity contribution in [3.63, 3.8) is 0 Å². The number of hydrogen-bond donors (Lipinski definition) is 0. The maximum absolute atomic E-state index is 11.5. The smallest absolute Gasteiger partial charge is 0.140 e. The summed E-state index contributed by atoms with van der Waals surface area (Å²) in [5, 5.41) is 0. The lowest BCUT2D eigenvalue weighted by Gasteiger charge is -2.30. The Kier molecular flexibility index (Phi) is 2.57. The summed E-state index contributed by atoms with van der Waals surface area (Å²) in [5.74, 6) is 2.38. The third-order valence-electron chi connectivity index (χ3n) is 2.71. The molecule has 2 atom stereocenters. The Morgan fingerprint density at radius 3 is 2.53 bits per heavy atom. The molecule has 1 aromatic rings. The van der Waals surface area contributed by atoms with Gasteiger partial charge in [-0.1, -0.05) is 30.2 Å². The number of Topliss-reactive ketones (excluding diaryl/α,β-unsaturated/α-hetero) is 1. The van der Waals surface area contributed by atoms with Crippen LogP contribution in [0, 0.1) is 12.3 Å². The largest absolute Gasteiger partial charge is 0.360 e. The molecule has 0 saturated carbocycles. The molecule has 0 spiro atoms. The second kappa shape index (κ2) is 3.88. The number of carbonyl (C=O) groups excluding carboxylic acids is 1. The van der Waals surface area contributed by atoms with E-state index in [0.717, 1.165) is 11.1 Å². The third kappa shape index (κ3) is 1.67. The summed E-state index contributed by atoms with van der Waals surface area (Å²) in [6.45, 7) is 1.83. The fourth-order valence-corrected chi connectivity index (χ4v) is 2.04. The highest BCUT2D eigenvalue weighted by molar-refractivity contribution is 5.85. The molecule has 2 unspecified atom stereocenters. The van der Waals surface area contributed by atoms with Crippen LogP contribution < -0.4 is 0 Å². The predicted molar refractivity (Wildman–Crippen MR) is 57.4 cm³/mol. The SMILES string of the molecule is C#CCOC1c2ccc(cc2)C1C(C)=O. The Morgan fingerprint density at radius 1 is 1.40 bits per heavy atom. The van der Waals surface area contributed by atoms with Crippen LogP contribution in [0.4, 0.5) is 0 Å². The number of benzene rings is 1. The van der Waals surface area contributed by atoms with Crippen molar-refractivity contribution in [1.82, 2.24) is 0 Å². The third-order valence-corrected chi connectivity index (χ3v) is 2.71. The van der Waals surface area contributed by atoms with Gasteiger partial charge in [-0.2, -0.15) is 0 Å². The highest BCUT2D eigenvalue weighted by Crippen LogP contribution is 2.39. The normalized spacial score (nSPS) is 22.4. The summed E-state index contributed by atoms with van der Waals surface area (Å²) >= 11 is 0. The second-order valence-electron chi connectivity index (χ2n) is 3.69. The van der Waals surface area contributed by atoms with Crippen molar-refractivity contribution < 1.29 is 9.53 Å². The number of fused-ring (bicyclic) bond motifs is 3. The molecule has 0 radical (unpaired) electrons. The number of carbonyl (C=O) groups is 1. The molecule has 0 amide bonds. The molecule has 0 aliphatic heterocycles. The molecular weight excluding hydrogens is 188 g/mol. The van der Waals surface area contributed by atoms with Crippen molar-refractivity contribution in [2.24, 2.45) is 0 Å². The van der Waals surface area contributed by atoms with Crippen molar-refractivity contribution in [2.45, 2.75) is 18.9 Å². The van der Waals surface area contributed by atoms with Gasteiger partial charge < -0.3 is 4.74 Å². The number of ether oxygens (including phenoxy) is 1. The van der Waals surface area contributed by atoms with E-state index in [1.54, 1.807) is 6.92 Å². The van der Waals surface area contributed by atoms with E-state index < -0.39 is 0 Å². The van der Waals surface area contributed by atoms with Gasteiger partial charge in [-0.05, 0) is 18.1 Å². The minimum atomic E-state index is -0.191. The van der Waals surface area contributed by atoms with E-state index in [2.05, 4.69) is 5.92 Å². The summed E-state index contributed by atoms with van der Waals surface area (Å²) < 4.78 is 5.52. The summed E-state index contributed by atoms with van der Waals surface area (Å²) in [5.41, 5.74) is 2.04. The minimum Gasteiger partial charge on any atom is -0.360 e. The molecule has 0 saturated heterocycles. The van der Waals surface area contributed by atoms with Crippen LogP contribution >= 0.6 is 0 Å². The standard InChI is InChI=1S/C13H12O2/c1-3-8-15-13-11-6-4-10(5-7-11)12(13)9(2)14/h1,4-7,12-13H,8H2,2H3. The molecule has 2 bridgehead atoms. The first-order valence-corrected chi connectivity index (χ1v) is 4.89. The topological polar surface area (TPSA) is 26.3 Å². The van der Waals surface area contributed by atoms with Gasteiger partial charge in [-0.3, -0.25) is 4.79 Å². The van der Waals surface area contributed by atoms with Crippen LogP contribution in [0.2, 0.25) is 0 Å². The molecule has 2 aliphatic carbocycles. The van der Waals surface area contributed by atoms with Crippen LogP contribution in [0.1, 0.15) is 30.1 Å². The van der Waals surface area contributed by atoms with Crippen LogP contribution in [0.5, 0.6) is 0 Å². The zero-order valence-electron chi connectivity index (χ0n) is 8.57. The van der Waals surface area contributed by atoms with Gasteiger partial charge in [0.2, 0.25) is 0 Å². The second-order valence-corrected chi connectivity index (χ2v) is 3.69. The quantitative estimate of drug-likeness (QED) is 0.698. The Hall–Kier alpha value is -1.59. The molecule has 0 aromatic heterocycles. The Morgan fingerprint density at radius 2 is 2.00 bits per heavy atom. The Balaban J connectivity index is 2.31. The maximum atomic E-state index is 11.5. The molecule has 2 heteroatoms. The van der Waals surface area contributed by atoms with Crippen LogP contribution in [0.15, 0.2) is 24.3 Å². The van der Waals surface area contributed by atoms with E-state index in [-0.39, 0.29) is 24.4 Å². The number of hydrogen-bond acceptors (Lipinski definition) is 2. The van der Waals surface area contributed by atoms with E-state index in [1.807, 2.05) is 24.3 Å². The monoisotopic (exact) mass is 200 g/mol. The summed E-state index contributed by atoms with van der Waals surface area (Å²) in [4.78, 5) is 11.5. The molecular formula is C13H12O2. The first-order chi connectivity index (χ1) is 7.24. The lowest BCUT2D eigenvalue weighted by Crippen LogP contribution is -2.24.